The minimum Gasteiger partial charge on any atom is -0.358 e. The highest BCUT2D eigenvalue weighted by Crippen LogP contribution is 2.52. The Morgan fingerprint density at radius 1 is 0.815 bits per heavy atom. The third kappa shape index (κ3) is 2.69. The van der Waals surface area contributed by atoms with E-state index < -0.39 is 11.6 Å². The minimum atomic E-state index is -2.21. The first-order valence-corrected chi connectivity index (χ1v) is 8.83. The average molecular weight is 364 g/mol. The van der Waals surface area contributed by atoms with Crippen LogP contribution in [-0.4, -0.2) is 20.4 Å². The number of aliphatic hydroxyl groups is 4. The molecule has 0 aliphatic heterocycles. The molecule has 0 amide bonds. The van der Waals surface area contributed by atoms with Crippen molar-refractivity contribution < 1.29 is 20.4 Å². The van der Waals surface area contributed by atoms with Crippen LogP contribution >= 0.6 is 0 Å². The maximum Gasteiger partial charge on any atom is 0.218 e. The van der Waals surface area contributed by atoms with E-state index in [1.165, 1.54) is 0 Å². The van der Waals surface area contributed by atoms with Crippen LogP contribution in [0, 0.1) is 0 Å². The van der Waals surface area contributed by atoms with Gasteiger partial charge >= 0.3 is 0 Å². The summed E-state index contributed by atoms with van der Waals surface area (Å²) in [6, 6.07) is 3.22. The largest absolute Gasteiger partial charge is 0.358 e. The fourth-order valence-corrected chi connectivity index (χ4v) is 3.71. The van der Waals surface area contributed by atoms with Gasteiger partial charge in [0.1, 0.15) is 0 Å². The summed E-state index contributed by atoms with van der Waals surface area (Å²) in [6.45, 7) is 9.32. The van der Waals surface area contributed by atoms with Gasteiger partial charge in [-0.25, -0.2) is 0 Å². The summed E-state index contributed by atoms with van der Waals surface area (Å²) < 4.78 is 0. The van der Waals surface area contributed by atoms with Crippen molar-refractivity contribution in [2.24, 2.45) is 0 Å². The lowest BCUT2D eigenvalue weighted by molar-refractivity contribution is -0.131. The lowest BCUT2D eigenvalue weighted by atomic mass is 9.94. The lowest BCUT2D eigenvalue weighted by Crippen LogP contribution is -2.25. The van der Waals surface area contributed by atoms with E-state index in [1.54, 1.807) is 55.5 Å². The lowest BCUT2D eigenvalue weighted by Gasteiger charge is -2.21. The molecule has 0 aromatic heterocycles. The monoisotopic (exact) mass is 364 g/mol. The van der Waals surface area contributed by atoms with Crippen LogP contribution in [0.2, 0.25) is 0 Å². The molecule has 3 rings (SSSR count). The van der Waals surface area contributed by atoms with Gasteiger partial charge in [-0.05, 0) is 55.2 Å². The van der Waals surface area contributed by atoms with Gasteiger partial charge in [-0.2, -0.15) is 0 Å². The third-order valence-electron chi connectivity index (χ3n) is 5.02. The molecule has 0 saturated heterocycles. The van der Waals surface area contributed by atoms with Crippen molar-refractivity contribution in [1.29, 1.82) is 0 Å². The zero-order valence-electron chi connectivity index (χ0n) is 15.7. The van der Waals surface area contributed by atoms with E-state index in [0.29, 0.717) is 33.4 Å². The molecule has 4 heteroatoms. The highest BCUT2D eigenvalue weighted by atomic mass is 16.5. The maximum absolute atomic E-state index is 10.9. The number of allylic oxidation sites excluding steroid dienone is 7. The van der Waals surface area contributed by atoms with Crippen LogP contribution in [0.3, 0.4) is 0 Å². The second-order valence-electron chi connectivity index (χ2n) is 6.70. The normalized spacial score (nSPS) is 22.0. The number of benzene rings is 1. The van der Waals surface area contributed by atoms with Crippen molar-refractivity contribution in [1.82, 2.24) is 0 Å². The molecule has 0 spiro atoms. The van der Waals surface area contributed by atoms with Crippen molar-refractivity contribution in [2.45, 2.75) is 32.3 Å². The zero-order valence-corrected chi connectivity index (χ0v) is 15.7. The molecular formula is C23H24O4. The standard InChI is InChI=1S/C23H24O4/c1-5-8-11-15-14(4)22(24,25)20-13-18-16(9-6-2)19(10-7-3)23(26,27)21(18)12-17(15)20/h5-13,24-27H,4H2,1-3H3/b8-5-,9-6-,10-7-,15-11+. The van der Waals surface area contributed by atoms with Crippen molar-refractivity contribution in [3.05, 3.63) is 94.6 Å². The van der Waals surface area contributed by atoms with Crippen LogP contribution in [0.1, 0.15) is 43.0 Å². The molecule has 0 heterocycles. The van der Waals surface area contributed by atoms with Crippen LogP contribution < -0.4 is 0 Å². The molecule has 0 radical (unpaired) electrons. The highest BCUT2D eigenvalue weighted by Gasteiger charge is 2.47. The fraction of sp³-hybridized carbons (Fsp3) is 0.217. The molecule has 2 aliphatic carbocycles. The third-order valence-corrected chi connectivity index (χ3v) is 5.02. The van der Waals surface area contributed by atoms with Gasteiger partial charge in [0, 0.05) is 22.3 Å². The van der Waals surface area contributed by atoms with Crippen LogP contribution in [0.15, 0.2) is 72.4 Å². The zero-order chi connectivity index (χ0) is 20.0. The number of fused-ring (bicyclic) bond motifs is 2. The molecule has 27 heavy (non-hydrogen) atoms. The molecule has 0 unspecified atom stereocenters. The van der Waals surface area contributed by atoms with Gasteiger partial charge in [-0.1, -0.05) is 49.1 Å². The highest BCUT2D eigenvalue weighted by molar-refractivity contribution is 5.93. The van der Waals surface area contributed by atoms with Gasteiger partial charge in [0.15, 0.2) is 0 Å². The molecule has 1 aromatic rings. The Morgan fingerprint density at radius 3 is 2.00 bits per heavy atom. The van der Waals surface area contributed by atoms with E-state index in [1.807, 2.05) is 19.9 Å². The molecule has 0 saturated carbocycles. The Kier molecular flexibility index (Phi) is 4.70. The molecule has 0 bridgehead atoms. The van der Waals surface area contributed by atoms with Crippen molar-refractivity contribution in [3.8, 4) is 0 Å². The van der Waals surface area contributed by atoms with E-state index in [0.717, 1.165) is 0 Å². The predicted molar refractivity (Wildman–Crippen MR) is 107 cm³/mol. The second kappa shape index (κ2) is 6.59. The number of hydrogen-bond acceptors (Lipinski definition) is 4. The summed E-state index contributed by atoms with van der Waals surface area (Å²) in [7, 11) is 0. The molecule has 140 valence electrons. The van der Waals surface area contributed by atoms with Crippen molar-refractivity contribution in [3.63, 3.8) is 0 Å². The Hall–Kier alpha value is -2.50. The quantitative estimate of drug-likeness (QED) is 0.620. The summed E-state index contributed by atoms with van der Waals surface area (Å²) >= 11 is 0. The summed E-state index contributed by atoms with van der Waals surface area (Å²) in [6.07, 6.45) is 12.3. The summed E-state index contributed by atoms with van der Waals surface area (Å²) in [5.74, 6) is -4.38. The van der Waals surface area contributed by atoms with Crippen LogP contribution in [0.25, 0.3) is 11.1 Å². The smallest absolute Gasteiger partial charge is 0.218 e. The van der Waals surface area contributed by atoms with E-state index in [9.17, 15) is 20.4 Å². The Morgan fingerprint density at radius 2 is 1.41 bits per heavy atom. The molecule has 0 atom stereocenters. The Labute approximate surface area is 159 Å². The SMILES string of the molecule is C=C1/C(=C\C=C/C)c2cc3c(cc2C1(O)O)C(/C=C\C)=C(/C=C\C)C3(O)O. The van der Waals surface area contributed by atoms with Gasteiger partial charge in [0.25, 0.3) is 0 Å². The topological polar surface area (TPSA) is 80.9 Å². The Balaban J connectivity index is 2.36. The maximum atomic E-state index is 10.9. The predicted octanol–water partition coefficient (Wildman–Crippen LogP) is 3.41. The van der Waals surface area contributed by atoms with Crippen molar-refractivity contribution >= 4 is 11.1 Å². The molecule has 1 aromatic carbocycles. The van der Waals surface area contributed by atoms with Crippen LogP contribution in [0.5, 0.6) is 0 Å². The first-order chi connectivity index (χ1) is 12.7. The first kappa shape index (κ1) is 19.3. The summed E-state index contributed by atoms with van der Waals surface area (Å²) in [4.78, 5) is 0. The van der Waals surface area contributed by atoms with Crippen molar-refractivity contribution in [2.75, 3.05) is 0 Å². The van der Waals surface area contributed by atoms with Gasteiger partial charge in [-0.3, -0.25) is 0 Å². The number of hydrogen-bond donors (Lipinski definition) is 4. The summed E-state index contributed by atoms with van der Waals surface area (Å²) in [5.41, 5.74) is 3.35. The summed E-state index contributed by atoms with van der Waals surface area (Å²) in [5, 5.41) is 43.0. The average Bonchev–Trinajstić information content (AvgIpc) is 2.93. The molecule has 4 nitrogen and oxygen atoms in total. The molecule has 4 N–H and O–H groups in total. The van der Waals surface area contributed by atoms with E-state index in [2.05, 4.69) is 6.58 Å². The van der Waals surface area contributed by atoms with Gasteiger partial charge in [0.05, 0.1) is 0 Å². The van der Waals surface area contributed by atoms with E-state index >= 15 is 0 Å². The van der Waals surface area contributed by atoms with Crippen LogP contribution in [0.4, 0.5) is 0 Å². The minimum absolute atomic E-state index is 0.158. The van der Waals surface area contributed by atoms with Gasteiger partial charge in [0.2, 0.25) is 11.6 Å². The number of rotatable bonds is 3. The molecular weight excluding hydrogens is 340 g/mol. The van der Waals surface area contributed by atoms with E-state index in [4.69, 9.17) is 0 Å². The van der Waals surface area contributed by atoms with Gasteiger partial charge < -0.3 is 20.4 Å². The first-order valence-electron chi connectivity index (χ1n) is 8.83. The van der Waals surface area contributed by atoms with E-state index in [-0.39, 0.29) is 11.1 Å². The molecule has 0 fully saturated rings. The Bertz CT molecular complexity index is 966. The fourth-order valence-electron chi connectivity index (χ4n) is 3.71. The van der Waals surface area contributed by atoms with Gasteiger partial charge in [-0.15, -0.1) is 0 Å². The second-order valence-corrected chi connectivity index (χ2v) is 6.70. The van der Waals surface area contributed by atoms with Crippen LogP contribution in [-0.2, 0) is 11.6 Å². The molecule has 2 aliphatic rings.